The first-order valence-electron chi connectivity index (χ1n) is 6.24. The Morgan fingerprint density at radius 1 is 1.29 bits per heavy atom. The Bertz CT molecular complexity index is 772. The van der Waals surface area contributed by atoms with Crippen LogP contribution in [-0.2, 0) is 6.54 Å². The number of nitrogens with zero attached hydrogens (tertiary/aromatic N) is 2. The van der Waals surface area contributed by atoms with Crippen LogP contribution in [-0.4, -0.2) is 22.1 Å². The lowest BCUT2D eigenvalue weighted by Crippen LogP contribution is -2.03. The van der Waals surface area contributed by atoms with Crippen LogP contribution in [0.5, 0.6) is 5.75 Å². The molecule has 0 fully saturated rings. The van der Waals surface area contributed by atoms with Gasteiger partial charge in [0.25, 0.3) is 0 Å². The van der Waals surface area contributed by atoms with E-state index in [-0.39, 0.29) is 5.28 Å². The number of methoxy groups -OCH3 is 1. The van der Waals surface area contributed by atoms with Gasteiger partial charge in [-0.05, 0) is 51.9 Å². The van der Waals surface area contributed by atoms with Gasteiger partial charge in [0.15, 0.2) is 5.82 Å². The Morgan fingerprint density at radius 2 is 2.05 bits per heavy atom. The highest BCUT2D eigenvalue weighted by Gasteiger charge is 2.10. The van der Waals surface area contributed by atoms with Crippen molar-refractivity contribution in [3.63, 3.8) is 0 Å². The van der Waals surface area contributed by atoms with Crippen molar-refractivity contribution in [1.82, 2.24) is 15.0 Å². The van der Waals surface area contributed by atoms with Gasteiger partial charge in [-0.25, -0.2) is 4.98 Å². The largest absolute Gasteiger partial charge is 0.497 e. The van der Waals surface area contributed by atoms with Crippen LogP contribution in [0, 0.1) is 3.57 Å². The summed E-state index contributed by atoms with van der Waals surface area (Å²) in [6, 6.07) is 7.86. The van der Waals surface area contributed by atoms with Gasteiger partial charge in [0.1, 0.15) is 16.8 Å². The van der Waals surface area contributed by atoms with Crippen molar-refractivity contribution in [2.75, 3.05) is 12.4 Å². The molecule has 0 aliphatic carbocycles. The predicted molar refractivity (Wildman–Crippen MR) is 91.9 cm³/mol. The van der Waals surface area contributed by atoms with Crippen molar-refractivity contribution in [3.05, 3.63) is 44.9 Å². The summed E-state index contributed by atoms with van der Waals surface area (Å²) in [5, 5.41) is 3.52. The van der Waals surface area contributed by atoms with Crippen LogP contribution in [0.1, 0.15) is 5.56 Å². The fourth-order valence-corrected chi connectivity index (χ4v) is 2.72. The van der Waals surface area contributed by atoms with Crippen molar-refractivity contribution < 1.29 is 4.74 Å². The SMILES string of the molecule is COc1ccc(CNc2nc(Cl)nc3c(I)c[nH]c23)cc1. The third-order valence-electron chi connectivity index (χ3n) is 3.07. The Labute approximate surface area is 140 Å². The Hall–Kier alpha value is -1.54. The number of nitrogens with one attached hydrogen (secondary N) is 2. The highest BCUT2D eigenvalue weighted by atomic mass is 127. The maximum Gasteiger partial charge on any atom is 0.225 e. The Balaban J connectivity index is 1.84. The van der Waals surface area contributed by atoms with Crippen LogP contribution in [0.2, 0.25) is 5.28 Å². The molecule has 2 aromatic heterocycles. The van der Waals surface area contributed by atoms with E-state index in [1.165, 1.54) is 0 Å². The van der Waals surface area contributed by atoms with E-state index in [2.05, 4.69) is 42.9 Å². The standard InChI is InChI=1S/C14H12ClIN4O/c1-21-9-4-2-8(3-5-9)6-18-13-12-11(10(16)7-17-12)19-14(15)20-13/h2-5,7,17H,6H2,1H3,(H,18,19,20). The zero-order valence-corrected chi connectivity index (χ0v) is 14.1. The summed E-state index contributed by atoms with van der Waals surface area (Å²) in [5.74, 6) is 1.54. The highest BCUT2D eigenvalue weighted by molar-refractivity contribution is 14.1. The maximum atomic E-state index is 5.98. The van der Waals surface area contributed by atoms with Gasteiger partial charge in [-0.1, -0.05) is 12.1 Å². The number of hydrogen-bond donors (Lipinski definition) is 2. The van der Waals surface area contributed by atoms with E-state index in [0.717, 1.165) is 25.9 Å². The number of benzene rings is 1. The normalized spacial score (nSPS) is 10.8. The third kappa shape index (κ3) is 3.06. The van der Waals surface area contributed by atoms with E-state index in [9.17, 15) is 0 Å². The number of halogens is 2. The molecule has 108 valence electrons. The van der Waals surface area contributed by atoms with Crippen molar-refractivity contribution in [3.8, 4) is 5.75 Å². The number of hydrogen-bond acceptors (Lipinski definition) is 4. The quantitative estimate of drug-likeness (QED) is 0.503. The molecule has 0 atom stereocenters. The van der Waals surface area contributed by atoms with E-state index in [0.29, 0.717) is 12.4 Å². The summed E-state index contributed by atoms with van der Waals surface area (Å²) in [6.07, 6.45) is 1.88. The molecule has 0 aliphatic heterocycles. The minimum absolute atomic E-state index is 0.234. The summed E-state index contributed by atoms with van der Waals surface area (Å²) >= 11 is 8.19. The summed E-state index contributed by atoms with van der Waals surface area (Å²) < 4.78 is 6.16. The van der Waals surface area contributed by atoms with E-state index >= 15 is 0 Å². The predicted octanol–water partition coefficient (Wildman–Crippen LogP) is 3.84. The zero-order chi connectivity index (χ0) is 14.8. The second kappa shape index (κ2) is 6.07. The van der Waals surface area contributed by atoms with Crippen LogP contribution in [0.3, 0.4) is 0 Å². The van der Waals surface area contributed by atoms with Crippen LogP contribution in [0.15, 0.2) is 30.5 Å². The number of H-pyrrole nitrogens is 1. The number of rotatable bonds is 4. The van der Waals surface area contributed by atoms with Crippen LogP contribution in [0.4, 0.5) is 5.82 Å². The fraction of sp³-hybridized carbons (Fsp3) is 0.143. The molecule has 0 bridgehead atoms. The molecule has 2 heterocycles. The first-order valence-corrected chi connectivity index (χ1v) is 7.70. The summed E-state index contributed by atoms with van der Waals surface area (Å²) in [6.45, 7) is 0.641. The monoisotopic (exact) mass is 414 g/mol. The lowest BCUT2D eigenvalue weighted by molar-refractivity contribution is 0.414. The molecule has 3 rings (SSSR count). The molecule has 7 heteroatoms. The first-order chi connectivity index (χ1) is 10.2. The molecule has 5 nitrogen and oxygen atoms in total. The first kappa shape index (κ1) is 14.4. The molecule has 0 aliphatic rings. The number of fused-ring (bicyclic) bond motifs is 1. The second-order valence-corrected chi connectivity index (χ2v) is 5.90. The van der Waals surface area contributed by atoms with Gasteiger partial charge in [0, 0.05) is 12.7 Å². The smallest absolute Gasteiger partial charge is 0.225 e. The molecule has 1 aromatic carbocycles. The average molecular weight is 415 g/mol. The van der Waals surface area contributed by atoms with Crippen molar-refractivity contribution in [1.29, 1.82) is 0 Å². The second-order valence-electron chi connectivity index (χ2n) is 4.40. The topological polar surface area (TPSA) is 62.8 Å². The minimum Gasteiger partial charge on any atom is -0.497 e. The molecule has 0 unspecified atom stereocenters. The Kier molecular flexibility index (Phi) is 4.16. The van der Waals surface area contributed by atoms with E-state index < -0.39 is 0 Å². The number of aromatic nitrogens is 3. The van der Waals surface area contributed by atoms with Gasteiger partial charge in [-0.2, -0.15) is 4.98 Å². The molecular formula is C14H12ClIN4O. The zero-order valence-electron chi connectivity index (χ0n) is 11.2. The number of ether oxygens (including phenoxy) is 1. The summed E-state index contributed by atoms with van der Waals surface area (Å²) in [7, 11) is 1.65. The number of anilines is 1. The van der Waals surface area contributed by atoms with E-state index in [1.54, 1.807) is 7.11 Å². The highest BCUT2D eigenvalue weighted by Crippen LogP contribution is 2.25. The molecule has 0 spiro atoms. The molecule has 0 saturated heterocycles. The molecule has 21 heavy (non-hydrogen) atoms. The van der Waals surface area contributed by atoms with Gasteiger partial charge < -0.3 is 15.0 Å². The van der Waals surface area contributed by atoms with E-state index in [4.69, 9.17) is 16.3 Å². The lowest BCUT2D eigenvalue weighted by atomic mass is 10.2. The van der Waals surface area contributed by atoms with Gasteiger partial charge >= 0.3 is 0 Å². The maximum absolute atomic E-state index is 5.98. The van der Waals surface area contributed by atoms with Crippen LogP contribution < -0.4 is 10.1 Å². The van der Waals surface area contributed by atoms with Gasteiger partial charge in [0.2, 0.25) is 5.28 Å². The third-order valence-corrected chi connectivity index (χ3v) is 4.06. The minimum atomic E-state index is 0.234. The van der Waals surface area contributed by atoms with Gasteiger partial charge in [-0.3, -0.25) is 0 Å². The van der Waals surface area contributed by atoms with Gasteiger partial charge in [-0.15, -0.1) is 0 Å². The molecular weight excluding hydrogens is 403 g/mol. The van der Waals surface area contributed by atoms with Crippen molar-refractivity contribution in [2.24, 2.45) is 0 Å². The molecule has 3 aromatic rings. The molecule has 0 saturated carbocycles. The average Bonchev–Trinajstić information content (AvgIpc) is 2.87. The van der Waals surface area contributed by atoms with Crippen LogP contribution >= 0.6 is 34.2 Å². The van der Waals surface area contributed by atoms with Crippen LogP contribution in [0.25, 0.3) is 11.0 Å². The fourth-order valence-electron chi connectivity index (χ4n) is 2.00. The summed E-state index contributed by atoms with van der Waals surface area (Å²) in [5.41, 5.74) is 2.81. The molecule has 0 radical (unpaired) electrons. The van der Waals surface area contributed by atoms with Crippen molar-refractivity contribution >= 4 is 51.0 Å². The van der Waals surface area contributed by atoms with E-state index in [1.807, 2.05) is 30.5 Å². The summed E-state index contributed by atoms with van der Waals surface area (Å²) in [4.78, 5) is 11.6. The lowest BCUT2D eigenvalue weighted by Gasteiger charge is -2.08. The number of aromatic amines is 1. The molecule has 0 amide bonds. The van der Waals surface area contributed by atoms with Gasteiger partial charge in [0.05, 0.1) is 10.7 Å². The Morgan fingerprint density at radius 3 is 2.76 bits per heavy atom. The van der Waals surface area contributed by atoms with Crippen molar-refractivity contribution in [2.45, 2.75) is 6.54 Å². The molecule has 2 N–H and O–H groups in total.